The molecule has 0 fully saturated rings. The average Bonchev–Trinajstić information content (AvgIpc) is 2.33. The van der Waals surface area contributed by atoms with E-state index in [1.807, 2.05) is 0 Å². The largest absolute Gasteiger partial charge is 1.00 e. The predicted molar refractivity (Wildman–Crippen MR) is 76.8 cm³/mol. The number of hydrogen-bond acceptors (Lipinski definition) is 4. The Morgan fingerprint density at radius 3 is 1.43 bits per heavy atom. The fourth-order valence-corrected chi connectivity index (χ4v) is 2.71. The van der Waals surface area contributed by atoms with E-state index in [0.29, 0.717) is 6.42 Å². The van der Waals surface area contributed by atoms with E-state index < -0.39 is 16.1 Å². The maximum absolute atomic E-state index is 10.5. The summed E-state index contributed by atoms with van der Waals surface area (Å²) >= 11 is 0. The van der Waals surface area contributed by atoms with Crippen molar-refractivity contribution in [3.63, 3.8) is 0 Å². The van der Waals surface area contributed by atoms with Crippen LogP contribution in [0.5, 0.6) is 0 Å². The molecule has 5 nitrogen and oxygen atoms in total. The topological polar surface area (TPSA) is 94.5 Å². The minimum atomic E-state index is -3.78. The van der Waals surface area contributed by atoms with Crippen LogP contribution in [0, 0.1) is 0 Å². The molecule has 0 heterocycles. The van der Waals surface area contributed by atoms with Gasteiger partial charge in [-0.25, -0.2) is 0 Å². The second-order valence-corrected chi connectivity index (χ2v) is 6.87. The van der Waals surface area contributed by atoms with Crippen LogP contribution < -0.4 is 34.7 Å². The van der Waals surface area contributed by atoms with Crippen LogP contribution in [0.4, 0.5) is 0 Å². The summed E-state index contributed by atoms with van der Waals surface area (Å²) in [5.41, 5.74) is 0. The number of carbonyl (C=O) groups excluding carboxylic acids is 1. The van der Waals surface area contributed by atoms with Gasteiger partial charge in [0.15, 0.2) is 0 Å². The molecule has 0 radical (unpaired) electrons. The van der Waals surface area contributed by atoms with E-state index in [0.717, 1.165) is 51.4 Å². The summed E-state index contributed by atoms with van der Waals surface area (Å²) in [4.78, 5) is 10.2. The van der Waals surface area contributed by atoms with Gasteiger partial charge in [0.1, 0.15) is 0 Å². The van der Waals surface area contributed by atoms with Crippen LogP contribution in [0.3, 0.4) is 0 Å². The van der Waals surface area contributed by atoms with Crippen molar-refractivity contribution in [3.8, 4) is 0 Å². The monoisotopic (exact) mass is 330 g/mol. The van der Waals surface area contributed by atoms with E-state index in [2.05, 4.69) is 0 Å². The quantitative estimate of drug-likeness (QED) is 0.258. The van der Waals surface area contributed by atoms with Gasteiger partial charge in [-0.05, 0) is 19.3 Å². The molecule has 0 aromatic heterocycles. The van der Waals surface area contributed by atoms with Crippen LogP contribution in [-0.2, 0) is 14.9 Å². The molecule has 0 bridgehead atoms. The van der Waals surface area contributed by atoms with E-state index in [1.54, 1.807) is 0 Å². The van der Waals surface area contributed by atoms with E-state index in [1.165, 1.54) is 12.8 Å². The predicted octanol–water partition coefficient (Wildman–Crippen LogP) is -0.691. The summed E-state index contributed by atoms with van der Waals surface area (Å²) in [6.45, 7) is 0. The van der Waals surface area contributed by atoms with Gasteiger partial charge in [0.25, 0.3) is 10.1 Å². The Hall–Kier alpha value is 0.380. The third-order valence-electron chi connectivity index (χ3n) is 3.28. The average molecular weight is 330 g/mol. The van der Waals surface area contributed by atoms with Crippen molar-refractivity contribution in [2.45, 2.75) is 77.0 Å². The molecule has 0 aliphatic heterocycles. The summed E-state index contributed by atoms with van der Waals surface area (Å²) in [6.07, 6.45) is 11.1. The minimum Gasteiger partial charge on any atom is -0.550 e. The Bertz CT molecular complexity index is 343. The van der Waals surface area contributed by atoms with E-state index in [4.69, 9.17) is 4.55 Å². The van der Waals surface area contributed by atoms with Gasteiger partial charge in [-0.3, -0.25) is 4.55 Å². The van der Waals surface area contributed by atoms with Gasteiger partial charge < -0.3 is 9.90 Å². The number of rotatable bonds is 14. The van der Waals surface area contributed by atoms with Crippen LogP contribution in [0.15, 0.2) is 0 Å². The summed E-state index contributed by atoms with van der Waals surface area (Å²) in [7, 11) is -3.78. The van der Waals surface area contributed by atoms with Crippen molar-refractivity contribution in [3.05, 3.63) is 0 Å². The van der Waals surface area contributed by atoms with Gasteiger partial charge in [0, 0.05) is 5.97 Å². The Labute approximate surface area is 150 Å². The van der Waals surface area contributed by atoms with Crippen LogP contribution in [-0.4, -0.2) is 24.7 Å². The zero-order chi connectivity index (χ0) is 15.3. The van der Waals surface area contributed by atoms with Crippen molar-refractivity contribution >= 4 is 16.1 Å². The molecular weight excluding hydrogens is 303 g/mol. The first-order valence-corrected chi connectivity index (χ1v) is 9.18. The number of carboxylic acids is 1. The molecule has 0 rings (SSSR count). The zero-order valence-electron chi connectivity index (χ0n) is 13.2. The minimum absolute atomic E-state index is 0. The molecule has 0 spiro atoms. The van der Waals surface area contributed by atoms with Crippen molar-refractivity contribution in [2.75, 3.05) is 5.75 Å². The van der Waals surface area contributed by atoms with Crippen molar-refractivity contribution in [1.82, 2.24) is 0 Å². The van der Waals surface area contributed by atoms with Gasteiger partial charge in [-0.2, -0.15) is 8.42 Å². The number of carboxylic acid groups (broad SMARTS) is 1. The SMILES string of the molecule is O=C([O-])CCCCCCCCCCCCCS(=O)(=O)O.[Na+]. The van der Waals surface area contributed by atoms with Crippen molar-refractivity contribution in [2.24, 2.45) is 0 Å². The first-order chi connectivity index (χ1) is 9.42. The molecule has 0 atom stereocenters. The summed E-state index contributed by atoms with van der Waals surface area (Å²) < 4.78 is 29.5. The smallest absolute Gasteiger partial charge is 0.550 e. The molecule has 0 aliphatic carbocycles. The number of aliphatic carboxylic acids is 1. The number of hydrogen-bond donors (Lipinski definition) is 1. The zero-order valence-corrected chi connectivity index (χ0v) is 16.0. The molecule has 0 amide bonds. The van der Waals surface area contributed by atoms with E-state index in [9.17, 15) is 18.3 Å². The first-order valence-electron chi connectivity index (χ1n) is 7.57. The van der Waals surface area contributed by atoms with E-state index >= 15 is 0 Å². The molecule has 0 aromatic carbocycles. The Morgan fingerprint density at radius 1 is 0.762 bits per heavy atom. The van der Waals surface area contributed by atoms with Crippen molar-refractivity contribution in [1.29, 1.82) is 0 Å². The molecule has 21 heavy (non-hydrogen) atoms. The van der Waals surface area contributed by atoms with Gasteiger partial charge in [0.05, 0.1) is 5.75 Å². The molecule has 0 aromatic rings. The Morgan fingerprint density at radius 2 is 1.10 bits per heavy atom. The van der Waals surface area contributed by atoms with Gasteiger partial charge in [0.2, 0.25) is 0 Å². The third kappa shape index (κ3) is 22.8. The summed E-state index contributed by atoms with van der Waals surface area (Å²) in [5, 5.41) is 10.2. The maximum atomic E-state index is 10.5. The molecule has 0 saturated carbocycles. The third-order valence-corrected chi connectivity index (χ3v) is 4.09. The van der Waals surface area contributed by atoms with Gasteiger partial charge in [-0.15, -0.1) is 0 Å². The van der Waals surface area contributed by atoms with Gasteiger partial charge in [-0.1, -0.05) is 57.8 Å². The Kier molecular flexibility index (Phi) is 17.2. The number of carbonyl (C=O) groups is 1. The molecule has 0 unspecified atom stereocenters. The molecule has 120 valence electrons. The molecule has 7 heteroatoms. The summed E-state index contributed by atoms with van der Waals surface area (Å²) in [5.74, 6) is -1.09. The maximum Gasteiger partial charge on any atom is 1.00 e. The number of unbranched alkanes of at least 4 members (excludes halogenated alkanes) is 10. The second-order valence-electron chi connectivity index (χ2n) is 5.30. The molecule has 0 aliphatic rings. The molecule has 0 saturated heterocycles. The van der Waals surface area contributed by atoms with Crippen LogP contribution in [0.1, 0.15) is 77.0 Å². The second kappa shape index (κ2) is 15.3. The van der Waals surface area contributed by atoms with Crippen LogP contribution >= 0.6 is 0 Å². The van der Waals surface area contributed by atoms with Crippen LogP contribution in [0.2, 0.25) is 0 Å². The molecular formula is C14H27NaO5S. The van der Waals surface area contributed by atoms with Crippen molar-refractivity contribution < 1.29 is 52.4 Å². The van der Waals surface area contributed by atoms with Crippen LogP contribution in [0.25, 0.3) is 0 Å². The normalized spacial score (nSPS) is 11.1. The standard InChI is InChI=1S/C14H28O5S.Na/c15-14(16)12-10-8-6-4-2-1-3-5-7-9-11-13-20(17,18)19;/h1-13H2,(H,15,16)(H,17,18,19);/q;+1/p-1. The summed E-state index contributed by atoms with van der Waals surface area (Å²) in [6, 6.07) is 0. The van der Waals surface area contributed by atoms with E-state index in [-0.39, 0.29) is 41.7 Å². The fraction of sp³-hybridized carbons (Fsp3) is 0.929. The Balaban J connectivity index is 0. The fourth-order valence-electron chi connectivity index (χ4n) is 2.14. The van der Waals surface area contributed by atoms with Gasteiger partial charge >= 0.3 is 29.6 Å². The first kappa shape index (κ1) is 23.6. The molecule has 1 N–H and O–H groups in total.